The van der Waals surface area contributed by atoms with Crippen LogP contribution in [0.1, 0.15) is 80.1 Å². The minimum Gasteiger partial charge on any atom is -0.444 e. The van der Waals surface area contributed by atoms with Crippen molar-refractivity contribution >= 4 is 23.1 Å². The number of carbonyl (C=O) groups is 2. The fourth-order valence-corrected chi connectivity index (χ4v) is 5.04. The molecule has 10 nitrogen and oxygen atoms in total. The third-order valence-corrected chi connectivity index (χ3v) is 7.14. The largest absolute Gasteiger partial charge is 0.444 e. The molecule has 1 N–H and O–H groups in total. The Bertz CT molecular complexity index is 1690. The van der Waals surface area contributed by atoms with Gasteiger partial charge in [0.25, 0.3) is 17.2 Å². The molecule has 2 aromatic heterocycles. The van der Waals surface area contributed by atoms with Crippen molar-refractivity contribution in [2.24, 2.45) is 5.92 Å². The zero-order chi connectivity index (χ0) is 32.2. The van der Waals surface area contributed by atoms with Gasteiger partial charge >= 0.3 is 6.09 Å². The second-order valence-electron chi connectivity index (χ2n) is 12.2. The lowest BCUT2D eigenvalue weighted by atomic mass is 9.98. The minimum atomic E-state index is -0.723. The molecule has 0 aliphatic rings. The van der Waals surface area contributed by atoms with E-state index >= 15 is 0 Å². The van der Waals surface area contributed by atoms with Gasteiger partial charge in [-0.2, -0.15) is 4.98 Å². The van der Waals surface area contributed by atoms with E-state index in [0.717, 1.165) is 5.56 Å². The molecule has 0 bridgehead atoms. The number of carbonyl (C=O) groups excluding carboxylic acids is 2. The first-order chi connectivity index (χ1) is 20.8. The SMILES string of the molecule is Cc1ccc(C(=O)N(CCCNC(=O)OC(C)(C)C)C(c2nc3onc(C)c3c(=O)n2Cc2ccccc2)C(C)C)cc1F. The Kier molecular flexibility index (Phi) is 9.86. The third kappa shape index (κ3) is 7.50. The van der Waals surface area contributed by atoms with Crippen molar-refractivity contribution in [2.45, 2.75) is 73.1 Å². The maximum absolute atomic E-state index is 14.6. The smallest absolute Gasteiger partial charge is 0.407 e. The fraction of sp³-hybridized carbons (Fsp3) is 0.424. The van der Waals surface area contributed by atoms with Gasteiger partial charge in [0, 0.05) is 18.7 Å². The Morgan fingerprint density at radius 2 is 1.82 bits per heavy atom. The monoisotopic (exact) mass is 605 g/mol. The first-order valence-electron chi connectivity index (χ1n) is 14.7. The van der Waals surface area contributed by atoms with Crippen LogP contribution < -0.4 is 10.9 Å². The third-order valence-electron chi connectivity index (χ3n) is 7.14. The number of amides is 2. The van der Waals surface area contributed by atoms with Crippen LogP contribution in [0.5, 0.6) is 0 Å². The van der Waals surface area contributed by atoms with Crippen LogP contribution in [0.15, 0.2) is 57.8 Å². The molecule has 0 radical (unpaired) electrons. The van der Waals surface area contributed by atoms with Crippen molar-refractivity contribution in [1.82, 2.24) is 24.9 Å². The molecule has 0 saturated heterocycles. The predicted octanol–water partition coefficient (Wildman–Crippen LogP) is 5.94. The van der Waals surface area contributed by atoms with Gasteiger partial charge in [-0.15, -0.1) is 0 Å². The van der Waals surface area contributed by atoms with Gasteiger partial charge in [0.1, 0.15) is 22.6 Å². The van der Waals surface area contributed by atoms with Crippen LogP contribution in [0.25, 0.3) is 11.1 Å². The van der Waals surface area contributed by atoms with Gasteiger partial charge in [0.15, 0.2) is 0 Å². The normalized spacial score (nSPS) is 12.4. The summed E-state index contributed by atoms with van der Waals surface area (Å²) in [6.45, 7) is 13.1. The Balaban J connectivity index is 1.79. The van der Waals surface area contributed by atoms with Crippen LogP contribution in [0.2, 0.25) is 0 Å². The highest BCUT2D eigenvalue weighted by Gasteiger charge is 2.34. The number of nitrogens with zero attached hydrogens (tertiary/aromatic N) is 4. The number of fused-ring (bicyclic) bond motifs is 1. The molecule has 2 aromatic carbocycles. The van der Waals surface area contributed by atoms with Crippen LogP contribution in [0, 0.1) is 25.6 Å². The van der Waals surface area contributed by atoms with E-state index in [9.17, 15) is 18.8 Å². The van der Waals surface area contributed by atoms with Crippen LogP contribution in [-0.4, -0.2) is 50.3 Å². The summed E-state index contributed by atoms with van der Waals surface area (Å²) >= 11 is 0. The molecule has 4 aromatic rings. The van der Waals surface area contributed by atoms with E-state index < -0.39 is 29.5 Å². The van der Waals surface area contributed by atoms with E-state index in [1.807, 2.05) is 44.2 Å². The topological polar surface area (TPSA) is 120 Å². The highest BCUT2D eigenvalue weighted by molar-refractivity contribution is 5.94. The van der Waals surface area contributed by atoms with Gasteiger partial charge < -0.3 is 19.5 Å². The number of halogens is 1. The molecule has 0 fully saturated rings. The van der Waals surface area contributed by atoms with Gasteiger partial charge in [0.2, 0.25) is 0 Å². The fourth-order valence-electron chi connectivity index (χ4n) is 5.04. The lowest BCUT2D eigenvalue weighted by Crippen LogP contribution is -2.43. The summed E-state index contributed by atoms with van der Waals surface area (Å²) in [7, 11) is 0. The molecule has 0 saturated carbocycles. The van der Waals surface area contributed by atoms with Crippen LogP contribution in [0.3, 0.4) is 0 Å². The maximum Gasteiger partial charge on any atom is 0.407 e. The Morgan fingerprint density at radius 3 is 2.45 bits per heavy atom. The molecule has 0 aliphatic carbocycles. The van der Waals surface area contributed by atoms with Gasteiger partial charge in [-0.3, -0.25) is 14.2 Å². The first-order valence-corrected chi connectivity index (χ1v) is 14.7. The average molecular weight is 606 g/mol. The Morgan fingerprint density at radius 1 is 1.11 bits per heavy atom. The van der Waals surface area contributed by atoms with Crippen LogP contribution in [0.4, 0.5) is 9.18 Å². The molecular formula is C33H40FN5O5. The van der Waals surface area contributed by atoms with Crippen molar-refractivity contribution in [3.8, 4) is 0 Å². The van der Waals surface area contributed by atoms with Crippen molar-refractivity contribution in [1.29, 1.82) is 0 Å². The molecule has 2 amide bonds. The summed E-state index contributed by atoms with van der Waals surface area (Å²) < 4.78 is 27.0. The molecule has 1 unspecified atom stereocenters. The first kappa shape index (κ1) is 32.4. The standard InChI is InChI=1S/C33H40FN5O5/c1-20(2)27(28-36-29-26(22(4)37-44-29)31(41)39(28)19-23-12-9-8-10-13-23)38(17-11-16-35-32(42)43-33(5,6)7)30(40)24-15-14-21(3)25(34)18-24/h8-10,12-15,18,20,27H,11,16-17,19H2,1-7H3,(H,35,42). The number of aromatic nitrogens is 3. The quantitative estimate of drug-likeness (QED) is 0.222. The highest BCUT2D eigenvalue weighted by atomic mass is 19.1. The highest BCUT2D eigenvalue weighted by Crippen LogP contribution is 2.31. The van der Waals surface area contributed by atoms with Crippen LogP contribution in [-0.2, 0) is 11.3 Å². The molecule has 0 spiro atoms. The molecule has 11 heteroatoms. The van der Waals surface area contributed by atoms with Gasteiger partial charge in [-0.1, -0.05) is 55.4 Å². The second-order valence-corrected chi connectivity index (χ2v) is 12.2. The zero-order valence-corrected chi connectivity index (χ0v) is 26.3. The molecule has 1 atom stereocenters. The lowest BCUT2D eigenvalue weighted by Gasteiger charge is -2.35. The van der Waals surface area contributed by atoms with E-state index in [1.165, 1.54) is 6.07 Å². The predicted molar refractivity (Wildman–Crippen MR) is 165 cm³/mol. The minimum absolute atomic E-state index is 0.0813. The van der Waals surface area contributed by atoms with E-state index in [0.29, 0.717) is 23.5 Å². The Hall–Kier alpha value is -4.54. The van der Waals surface area contributed by atoms with E-state index in [4.69, 9.17) is 14.2 Å². The average Bonchev–Trinajstić information content (AvgIpc) is 3.33. The number of rotatable bonds is 10. The van der Waals surface area contributed by atoms with E-state index in [-0.39, 0.29) is 47.8 Å². The molecule has 44 heavy (non-hydrogen) atoms. The molecular weight excluding hydrogens is 565 g/mol. The number of nitrogens with one attached hydrogen (secondary N) is 1. The molecule has 234 valence electrons. The molecule has 4 rings (SSSR count). The summed E-state index contributed by atoms with van der Waals surface area (Å²) in [6, 6.07) is 13.1. The number of aryl methyl sites for hydroxylation is 2. The lowest BCUT2D eigenvalue weighted by molar-refractivity contribution is 0.0519. The van der Waals surface area contributed by atoms with Gasteiger partial charge in [-0.25, -0.2) is 9.18 Å². The van der Waals surface area contributed by atoms with Crippen LogP contribution >= 0.6 is 0 Å². The summed E-state index contributed by atoms with van der Waals surface area (Å²) in [5.74, 6) is -0.850. The second kappa shape index (κ2) is 13.4. The summed E-state index contributed by atoms with van der Waals surface area (Å²) in [5.41, 5.74) is 0.955. The summed E-state index contributed by atoms with van der Waals surface area (Å²) in [6.07, 6.45) is -0.212. The van der Waals surface area contributed by atoms with E-state index in [1.54, 1.807) is 56.2 Å². The number of hydrogen-bond acceptors (Lipinski definition) is 7. The molecule has 2 heterocycles. The van der Waals surface area contributed by atoms with Crippen molar-refractivity contribution < 1.29 is 23.2 Å². The zero-order valence-electron chi connectivity index (χ0n) is 26.3. The summed E-state index contributed by atoms with van der Waals surface area (Å²) in [5, 5.41) is 6.97. The van der Waals surface area contributed by atoms with Crippen molar-refractivity contribution in [2.75, 3.05) is 13.1 Å². The van der Waals surface area contributed by atoms with E-state index in [2.05, 4.69) is 10.5 Å². The maximum atomic E-state index is 14.6. The summed E-state index contributed by atoms with van der Waals surface area (Å²) in [4.78, 5) is 46.7. The van der Waals surface area contributed by atoms with Crippen molar-refractivity contribution in [3.63, 3.8) is 0 Å². The number of ether oxygens (including phenoxy) is 1. The molecule has 0 aliphatic heterocycles. The number of alkyl carbamates (subject to hydrolysis) is 1. The number of hydrogen-bond donors (Lipinski definition) is 1. The van der Waals surface area contributed by atoms with Crippen molar-refractivity contribution in [3.05, 3.63) is 92.9 Å². The number of benzene rings is 2. The van der Waals surface area contributed by atoms with Gasteiger partial charge in [-0.05, 0) is 70.2 Å². The Labute approximate surface area is 256 Å². The van der Waals surface area contributed by atoms with Gasteiger partial charge in [0.05, 0.1) is 18.3 Å².